The lowest BCUT2D eigenvalue weighted by Gasteiger charge is -2.26. The van der Waals surface area contributed by atoms with Crippen LogP contribution in [0.4, 0.5) is 11.4 Å². The van der Waals surface area contributed by atoms with Gasteiger partial charge < -0.3 is 14.8 Å². The van der Waals surface area contributed by atoms with Crippen LogP contribution in [0.15, 0.2) is 66.9 Å². The van der Waals surface area contributed by atoms with Gasteiger partial charge in [-0.1, -0.05) is 0 Å². The maximum atomic E-state index is 13.0. The van der Waals surface area contributed by atoms with E-state index in [0.29, 0.717) is 11.3 Å². The lowest BCUT2D eigenvalue weighted by molar-refractivity contribution is 0.0993. The molecule has 0 saturated carbocycles. The molecule has 2 aromatic carbocycles. The molecule has 6 heteroatoms. The summed E-state index contributed by atoms with van der Waals surface area (Å²) in [4.78, 5) is 19.2. The van der Waals surface area contributed by atoms with Crippen LogP contribution in [-0.2, 0) is 0 Å². The number of nitrogens with zero attached hydrogens (tertiary/aromatic N) is 2. The van der Waals surface area contributed by atoms with Crippen LogP contribution in [-0.4, -0.2) is 25.1 Å². The Morgan fingerprint density at radius 2 is 1.56 bits per heavy atom. The summed E-state index contributed by atoms with van der Waals surface area (Å²) in [6.45, 7) is 0. The van der Waals surface area contributed by atoms with E-state index in [2.05, 4.69) is 10.3 Å². The third kappa shape index (κ3) is 3.06. The van der Waals surface area contributed by atoms with Gasteiger partial charge in [0, 0.05) is 17.6 Å². The summed E-state index contributed by atoms with van der Waals surface area (Å²) in [5.74, 6) is 1.42. The topological polar surface area (TPSA) is 63.7 Å². The highest BCUT2D eigenvalue weighted by molar-refractivity contribution is 6.11. The van der Waals surface area contributed by atoms with Crippen LogP contribution in [0.1, 0.15) is 22.2 Å². The smallest absolute Gasteiger partial charge is 0.262 e. The zero-order chi connectivity index (χ0) is 18.8. The molecule has 27 heavy (non-hydrogen) atoms. The van der Waals surface area contributed by atoms with Crippen LogP contribution < -0.4 is 19.7 Å². The number of ether oxygens (including phenoxy) is 2. The van der Waals surface area contributed by atoms with Gasteiger partial charge in [-0.2, -0.15) is 0 Å². The van der Waals surface area contributed by atoms with E-state index in [-0.39, 0.29) is 5.91 Å². The minimum Gasteiger partial charge on any atom is -0.497 e. The van der Waals surface area contributed by atoms with Crippen molar-refractivity contribution in [1.82, 2.24) is 4.98 Å². The molecule has 1 aliphatic rings. The van der Waals surface area contributed by atoms with Crippen molar-refractivity contribution >= 4 is 17.3 Å². The normalized spacial score (nSPS) is 15.4. The van der Waals surface area contributed by atoms with Gasteiger partial charge >= 0.3 is 0 Å². The van der Waals surface area contributed by atoms with Crippen molar-refractivity contribution in [2.75, 3.05) is 24.4 Å². The third-order valence-corrected chi connectivity index (χ3v) is 4.55. The molecule has 0 radical (unpaired) electrons. The van der Waals surface area contributed by atoms with E-state index >= 15 is 0 Å². The Morgan fingerprint density at radius 1 is 0.926 bits per heavy atom. The van der Waals surface area contributed by atoms with Crippen LogP contribution in [0.3, 0.4) is 0 Å². The molecule has 1 N–H and O–H groups in total. The lowest BCUT2D eigenvalue weighted by Crippen LogP contribution is -2.32. The molecule has 6 nitrogen and oxygen atoms in total. The second kappa shape index (κ2) is 6.99. The van der Waals surface area contributed by atoms with E-state index in [1.54, 1.807) is 37.4 Å². The molecule has 0 bridgehead atoms. The average molecular weight is 361 g/mol. The number of pyridine rings is 1. The molecule has 3 aromatic rings. The molecular formula is C21H19N3O3. The van der Waals surface area contributed by atoms with Crippen molar-refractivity contribution in [2.24, 2.45) is 0 Å². The second-order valence-electron chi connectivity index (χ2n) is 6.08. The molecule has 0 spiro atoms. The van der Waals surface area contributed by atoms with Gasteiger partial charge in [0.15, 0.2) is 6.17 Å². The Hall–Kier alpha value is -3.54. The summed E-state index contributed by atoms with van der Waals surface area (Å²) in [7, 11) is 3.24. The van der Waals surface area contributed by atoms with E-state index in [1.807, 2.05) is 48.5 Å². The first-order chi connectivity index (χ1) is 13.2. The first kappa shape index (κ1) is 16.9. The molecule has 0 saturated heterocycles. The number of nitrogens with one attached hydrogen (secondary N) is 1. The number of anilines is 2. The van der Waals surface area contributed by atoms with Crippen molar-refractivity contribution in [3.05, 3.63) is 78.1 Å². The first-order valence-corrected chi connectivity index (χ1v) is 8.54. The number of carbonyl (C=O) groups is 1. The number of hydrogen-bond donors (Lipinski definition) is 1. The van der Waals surface area contributed by atoms with Gasteiger partial charge in [-0.05, 0) is 60.7 Å². The van der Waals surface area contributed by atoms with Gasteiger partial charge in [0.05, 0.1) is 25.5 Å². The quantitative estimate of drug-likeness (QED) is 0.747. The lowest BCUT2D eigenvalue weighted by atomic mass is 10.2. The molecule has 136 valence electrons. The van der Waals surface area contributed by atoms with E-state index in [4.69, 9.17) is 9.47 Å². The fraction of sp³-hybridized carbons (Fsp3) is 0.143. The van der Waals surface area contributed by atoms with Gasteiger partial charge in [-0.25, -0.2) is 0 Å². The van der Waals surface area contributed by atoms with Crippen LogP contribution in [0.25, 0.3) is 0 Å². The summed E-state index contributed by atoms with van der Waals surface area (Å²) in [6, 6.07) is 18.6. The standard InChI is InChI=1S/C21H19N3O3/c1-26-16-9-5-14(6-10-16)23-20-19-18(4-3-13-22-19)21(25)24(20)15-7-11-17(27-2)12-8-15/h3-13,20,23H,1-2H3/t20-/m0/s1. The monoisotopic (exact) mass is 361 g/mol. The SMILES string of the molecule is COc1ccc(N[C@@H]2c3ncccc3C(=O)N2c2ccc(OC)cc2)cc1. The van der Waals surface area contributed by atoms with Gasteiger partial charge in [0.25, 0.3) is 5.91 Å². The molecule has 0 fully saturated rings. The van der Waals surface area contributed by atoms with Gasteiger partial charge in [0.2, 0.25) is 0 Å². The van der Waals surface area contributed by atoms with Crippen LogP contribution in [0, 0.1) is 0 Å². The van der Waals surface area contributed by atoms with Crippen molar-refractivity contribution in [3.63, 3.8) is 0 Å². The number of fused-ring (bicyclic) bond motifs is 1. The molecule has 1 aliphatic heterocycles. The number of amides is 1. The fourth-order valence-electron chi connectivity index (χ4n) is 3.17. The number of rotatable bonds is 5. The molecule has 0 unspecified atom stereocenters. The van der Waals surface area contributed by atoms with Gasteiger partial charge in [0.1, 0.15) is 11.5 Å². The summed E-state index contributed by atoms with van der Waals surface area (Å²) >= 11 is 0. The van der Waals surface area contributed by atoms with Crippen LogP contribution >= 0.6 is 0 Å². The summed E-state index contributed by atoms with van der Waals surface area (Å²) < 4.78 is 10.4. The molecule has 1 atom stereocenters. The zero-order valence-corrected chi connectivity index (χ0v) is 15.0. The number of hydrogen-bond acceptors (Lipinski definition) is 5. The number of benzene rings is 2. The first-order valence-electron chi connectivity index (χ1n) is 8.54. The van der Waals surface area contributed by atoms with E-state index < -0.39 is 6.17 Å². The van der Waals surface area contributed by atoms with Crippen molar-refractivity contribution in [1.29, 1.82) is 0 Å². The fourth-order valence-corrected chi connectivity index (χ4v) is 3.17. The molecule has 1 aromatic heterocycles. The van der Waals surface area contributed by atoms with E-state index in [1.165, 1.54) is 0 Å². The summed E-state index contributed by atoms with van der Waals surface area (Å²) in [5.41, 5.74) is 2.93. The van der Waals surface area contributed by atoms with E-state index in [0.717, 1.165) is 22.9 Å². The van der Waals surface area contributed by atoms with Crippen LogP contribution in [0.5, 0.6) is 11.5 Å². The van der Waals surface area contributed by atoms with Crippen molar-refractivity contribution in [2.45, 2.75) is 6.17 Å². The Labute approximate surface area is 157 Å². The maximum Gasteiger partial charge on any atom is 0.262 e. The predicted octanol–water partition coefficient (Wildman–Crippen LogP) is 3.87. The second-order valence-corrected chi connectivity index (χ2v) is 6.08. The Bertz CT molecular complexity index is 955. The number of carbonyl (C=O) groups excluding carboxylic acids is 1. The van der Waals surface area contributed by atoms with Crippen molar-refractivity contribution in [3.8, 4) is 11.5 Å². The molecule has 1 amide bonds. The molecular weight excluding hydrogens is 342 g/mol. The van der Waals surface area contributed by atoms with Crippen molar-refractivity contribution < 1.29 is 14.3 Å². The summed E-state index contributed by atoms with van der Waals surface area (Å²) in [5, 5.41) is 3.41. The number of aromatic nitrogens is 1. The number of methoxy groups -OCH3 is 2. The molecule has 2 heterocycles. The zero-order valence-electron chi connectivity index (χ0n) is 15.0. The van der Waals surface area contributed by atoms with Gasteiger partial charge in [-0.15, -0.1) is 0 Å². The van der Waals surface area contributed by atoms with Crippen LogP contribution in [0.2, 0.25) is 0 Å². The largest absolute Gasteiger partial charge is 0.497 e. The minimum absolute atomic E-state index is 0.0886. The summed E-state index contributed by atoms with van der Waals surface area (Å²) in [6.07, 6.45) is 1.29. The third-order valence-electron chi connectivity index (χ3n) is 4.55. The maximum absolute atomic E-state index is 13.0. The Kier molecular flexibility index (Phi) is 4.38. The molecule has 4 rings (SSSR count). The highest BCUT2D eigenvalue weighted by Gasteiger charge is 2.38. The predicted molar refractivity (Wildman–Crippen MR) is 103 cm³/mol. The highest BCUT2D eigenvalue weighted by Crippen LogP contribution is 2.37. The Balaban J connectivity index is 1.72. The average Bonchev–Trinajstić information content (AvgIpc) is 3.01. The van der Waals surface area contributed by atoms with E-state index in [9.17, 15) is 4.79 Å². The Morgan fingerprint density at radius 3 is 2.19 bits per heavy atom. The molecule has 0 aliphatic carbocycles. The highest BCUT2D eigenvalue weighted by atomic mass is 16.5. The van der Waals surface area contributed by atoms with Gasteiger partial charge in [-0.3, -0.25) is 14.7 Å². The minimum atomic E-state index is -0.407.